The SMILES string of the molecule is O=C(CCC1CCNCC1)c1ccc(Br)c(Cl)c1F. The van der Waals surface area contributed by atoms with Crippen molar-refractivity contribution < 1.29 is 9.18 Å². The molecule has 104 valence electrons. The van der Waals surface area contributed by atoms with Crippen molar-refractivity contribution in [2.45, 2.75) is 25.7 Å². The first-order valence-corrected chi connectivity index (χ1v) is 7.64. The summed E-state index contributed by atoms with van der Waals surface area (Å²) in [6.45, 7) is 2.02. The summed E-state index contributed by atoms with van der Waals surface area (Å²) >= 11 is 8.93. The zero-order chi connectivity index (χ0) is 13.8. The molecule has 0 radical (unpaired) electrons. The fourth-order valence-corrected chi connectivity index (χ4v) is 2.85. The number of piperidine rings is 1. The second-order valence-electron chi connectivity index (χ2n) is 4.88. The van der Waals surface area contributed by atoms with Crippen molar-refractivity contribution in [3.63, 3.8) is 0 Å². The summed E-state index contributed by atoms with van der Waals surface area (Å²) in [5, 5.41) is 3.27. The summed E-state index contributed by atoms with van der Waals surface area (Å²) in [6, 6.07) is 3.11. The Hall–Kier alpha value is -0.450. The lowest BCUT2D eigenvalue weighted by Gasteiger charge is -2.22. The second-order valence-corrected chi connectivity index (χ2v) is 6.11. The Kier molecular flexibility index (Phi) is 5.37. The minimum atomic E-state index is -0.619. The van der Waals surface area contributed by atoms with Crippen LogP contribution in [0, 0.1) is 11.7 Å². The predicted octanol–water partition coefficient (Wildman–Crippen LogP) is 4.20. The molecule has 1 heterocycles. The van der Waals surface area contributed by atoms with E-state index in [-0.39, 0.29) is 16.4 Å². The maximum atomic E-state index is 13.9. The van der Waals surface area contributed by atoms with Crippen LogP contribution < -0.4 is 5.32 Å². The largest absolute Gasteiger partial charge is 0.317 e. The number of ketones is 1. The van der Waals surface area contributed by atoms with Crippen molar-refractivity contribution >= 4 is 33.3 Å². The van der Waals surface area contributed by atoms with E-state index in [9.17, 15) is 9.18 Å². The Labute approximate surface area is 125 Å². The van der Waals surface area contributed by atoms with Crippen LogP contribution in [-0.2, 0) is 0 Å². The van der Waals surface area contributed by atoms with Gasteiger partial charge in [0.05, 0.1) is 10.6 Å². The molecule has 5 heteroatoms. The number of hydrogen-bond acceptors (Lipinski definition) is 2. The summed E-state index contributed by atoms with van der Waals surface area (Å²) < 4.78 is 14.4. The van der Waals surface area contributed by atoms with Crippen LogP contribution in [0.2, 0.25) is 5.02 Å². The summed E-state index contributed by atoms with van der Waals surface area (Å²) in [5.74, 6) is -0.212. The summed E-state index contributed by atoms with van der Waals surface area (Å²) in [5.41, 5.74) is 0.0992. The Morgan fingerprint density at radius 2 is 2.11 bits per heavy atom. The molecule has 1 saturated heterocycles. The zero-order valence-electron chi connectivity index (χ0n) is 10.5. The van der Waals surface area contributed by atoms with Crippen LogP contribution in [0.3, 0.4) is 0 Å². The molecule has 0 saturated carbocycles. The van der Waals surface area contributed by atoms with Gasteiger partial charge in [-0.25, -0.2) is 4.39 Å². The molecule has 1 fully saturated rings. The summed E-state index contributed by atoms with van der Waals surface area (Å²) in [6.07, 6.45) is 3.40. The van der Waals surface area contributed by atoms with Crippen molar-refractivity contribution in [1.82, 2.24) is 5.32 Å². The molecule has 2 rings (SSSR count). The van der Waals surface area contributed by atoms with E-state index in [0.29, 0.717) is 16.8 Å². The molecule has 0 spiro atoms. The molecule has 1 aromatic carbocycles. The van der Waals surface area contributed by atoms with Gasteiger partial charge >= 0.3 is 0 Å². The topological polar surface area (TPSA) is 29.1 Å². The van der Waals surface area contributed by atoms with Gasteiger partial charge < -0.3 is 5.32 Å². The zero-order valence-corrected chi connectivity index (χ0v) is 12.9. The third kappa shape index (κ3) is 3.77. The maximum absolute atomic E-state index is 13.9. The summed E-state index contributed by atoms with van der Waals surface area (Å²) in [7, 11) is 0. The van der Waals surface area contributed by atoms with Crippen molar-refractivity contribution in [2.24, 2.45) is 5.92 Å². The quantitative estimate of drug-likeness (QED) is 0.652. The Balaban J connectivity index is 1.98. The molecular weight excluding hydrogens is 333 g/mol. The van der Waals surface area contributed by atoms with E-state index in [1.807, 2.05) is 0 Å². The van der Waals surface area contributed by atoms with Gasteiger partial charge in [-0.15, -0.1) is 0 Å². The third-order valence-corrected chi connectivity index (χ3v) is 4.83. The van der Waals surface area contributed by atoms with Gasteiger partial charge in [-0.2, -0.15) is 0 Å². The van der Waals surface area contributed by atoms with Crippen LogP contribution in [0.5, 0.6) is 0 Å². The smallest absolute Gasteiger partial charge is 0.165 e. The fourth-order valence-electron chi connectivity index (χ4n) is 2.38. The van der Waals surface area contributed by atoms with E-state index in [2.05, 4.69) is 21.2 Å². The molecule has 1 aromatic rings. The average Bonchev–Trinajstić information content (AvgIpc) is 2.43. The lowest BCUT2D eigenvalue weighted by atomic mass is 9.91. The van der Waals surface area contributed by atoms with Crippen molar-refractivity contribution in [3.05, 3.63) is 33.0 Å². The minimum absolute atomic E-state index is 0.0206. The van der Waals surface area contributed by atoms with Crippen molar-refractivity contribution in [2.75, 3.05) is 13.1 Å². The standard InChI is InChI=1S/C14H16BrClFNO/c15-11-3-2-10(14(17)13(11)16)12(19)4-1-9-5-7-18-8-6-9/h2-3,9,18H,1,4-8H2. The number of nitrogens with one attached hydrogen (secondary N) is 1. The molecule has 0 amide bonds. The van der Waals surface area contributed by atoms with Gasteiger partial charge in [0.25, 0.3) is 0 Å². The molecule has 0 atom stereocenters. The van der Waals surface area contributed by atoms with Gasteiger partial charge in [0, 0.05) is 10.9 Å². The average molecular weight is 349 g/mol. The number of hydrogen-bond donors (Lipinski definition) is 1. The molecule has 2 nitrogen and oxygen atoms in total. The number of Topliss-reactive ketones (excluding diaryl/α,β-unsaturated/α-hetero) is 1. The molecule has 1 aliphatic rings. The monoisotopic (exact) mass is 347 g/mol. The molecule has 0 bridgehead atoms. The van der Waals surface area contributed by atoms with Crippen LogP contribution in [-0.4, -0.2) is 18.9 Å². The molecule has 0 aromatic heterocycles. The van der Waals surface area contributed by atoms with Crippen LogP contribution >= 0.6 is 27.5 Å². The van der Waals surface area contributed by atoms with Crippen LogP contribution in [0.1, 0.15) is 36.0 Å². The van der Waals surface area contributed by atoms with Crippen molar-refractivity contribution in [3.8, 4) is 0 Å². The number of carbonyl (C=O) groups excluding carboxylic acids is 1. The van der Waals surface area contributed by atoms with Crippen molar-refractivity contribution in [1.29, 1.82) is 0 Å². The number of rotatable bonds is 4. The van der Waals surface area contributed by atoms with Crippen LogP contribution in [0.25, 0.3) is 0 Å². The van der Waals surface area contributed by atoms with Crippen LogP contribution in [0.15, 0.2) is 16.6 Å². The van der Waals surface area contributed by atoms with Gasteiger partial charge in [-0.1, -0.05) is 11.6 Å². The van der Waals surface area contributed by atoms with Gasteiger partial charge in [0.2, 0.25) is 0 Å². The highest BCUT2D eigenvalue weighted by atomic mass is 79.9. The highest BCUT2D eigenvalue weighted by molar-refractivity contribution is 9.10. The normalized spacial score (nSPS) is 16.6. The number of benzene rings is 1. The highest BCUT2D eigenvalue weighted by Gasteiger charge is 2.19. The van der Waals surface area contributed by atoms with E-state index >= 15 is 0 Å². The fraction of sp³-hybridized carbons (Fsp3) is 0.500. The van der Waals surface area contributed by atoms with E-state index in [0.717, 1.165) is 32.4 Å². The Morgan fingerprint density at radius 1 is 1.42 bits per heavy atom. The van der Waals surface area contributed by atoms with E-state index in [4.69, 9.17) is 11.6 Å². The third-order valence-electron chi connectivity index (χ3n) is 3.57. The molecule has 1 aliphatic heterocycles. The van der Waals surface area contributed by atoms with E-state index in [1.165, 1.54) is 6.07 Å². The van der Waals surface area contributed by atoms with Gasteiger partial charge in [0.1, 0.15) is 0 Å². The lowest BCUT2D eigenvalue weighted by molar-refractivity contribution is 0.0967. The molecule has 0 aliphatic carbocycles. The van der Waals surface area contributed by atoms with E-state index in [1.54, 1.807) is 6.07 Å². The number of halogens is 3. The maximum Gasteiger partial charge on any atom is 0.165 e. The van der Waals surface area contributed by atoms with Crippen LogP contribution in [0.4, 0.5) is 4.39 Å². The Bertz CT molecular complexity index is 475. The number of carbonyl (C=O) groups is 1. The second kappa shape index (κ2) is 6.82. The van der Waals surface area contributed by atoms with Gasteiger partial charge in [-0.05, 0) is 66.3 Å². The predicted molar refractivity (Wildman–Crippen MR) is 78.3 cm³/mol. The first-order valence-electron chi connectivity index (χ1n) is 6.47. The molecule has 19 heavy (non-hydrogen) atoms. The molecular formula is C14H16BrClFNO. The Morgan fingerprint density at radius 3 is 2.79 bits per heavy atom. The van der Waals surface area contributed by atoms with E-state index < -0.39 is 5.82 Å². The van der Waals surface area contributed by atoms with Gasteiger partial charge in [-0.3, -0.25) is 4.79 Å². The summed E-state index contributed by atoms with van der Waals surface area (Å²) in [4.78, 5) is 12.0. The minimum Gasteiger partial charge on any atom is -0.317 e. The molecule has 0 unspecified atom stereocenters. The van der Waals surface area contributed by atoms with Gasteiger partial charge in [0.15, 0.2) is 11.6 Å². The first kappa shape index (κ1) is 14.9. The molecule has 1 N–H and O–H groups in total. The lowest BCUT2D eigenvalue weighted by Crippen LogP contribution is -2.28. The first-order chi connectivity index (χ1) is 9.09. The highest BCUT2D eigenvalue weighted by Crippen LogP contribution is 2.29.